The van der Waals surface area contributed by atoms with Crippen LogP contribution in [0.4, 0.5) is 0 Å². The van der Waals surface area contributed by atoms with Crippen molar-refractivity contribution in [2.45, 2.75) is 63.1 Å². The van der Waals surface area contributed by atoms with E-state index in [4.69, 9.17) is 5.73 Å². The smallest absolute Gasteiger partial charge is 0.243 e. The van der Waals surface area contributed by atoms with Crippen LogP contribution in [0.3, 0.4) is 0 Å². The van der Waals surface area contributed by atoms with Crippen LogP contribution >= 0.6 is 0 Å². The molecule has 3 N–H and O–H groups in total. The molecule has 4 aliphatic rings. The fourth-order valence-electron chi connectivity index (χ4n) is 4.72. The fourth-order valence-corrected chi connectivity index (χ4v) is 4.72. The van der Waals surface area contributed by atoms with E-state index in [0.717, 1.165) is 45.1 Å². The van der Waals surface area contributed by atoms with Crippen molar-refractivity contribution < 1.29 is 9.59 Å². The Labute approximate surface area is 125 Å². The molecule has 3 aliphatic carbocycles. The van der Waals surface area contributed by atoms with Gasteiger partial charge in [0.25, 0.3) is 0 Å². The Morgan fingerprint density at radius 1 is 1.05 bits per heavy atom. The summed E-state index contributed by atoms with van der Waals surface area (Å²) in [7, 11) is 0. The van der Waals surface area contributed by atoms with Gasteiger partial charge in [0.1, 0.15) is 6.04 Å². The van der Waals surface area contributed by atoms with Crippen molar-refractivity contribution in [3.05, 3.63) is 0 Å². The number of nitrogens with one attached hydrogen (secondary N) is 1. The van der Waals surface area contributed by atoms with Gasteiger partial charge in [-0.25, -0.2) is 0 Å². The van der Waals surface area contributed by atoms with Gasteiger partial charge in [-0.2, -0.15) is 0 Å². The Bertz CT molecular complexity index is 460. The molecular weight excluding hydrogens is 266 g/mol. The topological polar surface area (TPSA) is 75.4 Å². The largest absolute Gasteiger partial charge is 0.352 e. The first kappa shape index (κ1) is 13.6. The van der Waals surface area contributed by atoms with E-state index in [0.29, 0.717) is 17.9 Å². The van der Waals surface area contributed by atoms with Crippen molar-refractivity contribution >= 4 is 11.8 Å². The van der Waals surface area contributed by atoms with Gasteiger partial charge in [0.2, 0.25) is 11.8 Å². The number of hydrogen-bond acceptors (Lipinski definition) is 3. The average molecular weight is 291 g/mol. The molecule has 0 spiro atoms. The van der Waals surface area contributed by atoms with Gasteiger partial charge in [-0.05, 0) is 56.8 Å². The van der Waals surface area contributed by atoms with Crippen molar-refractivity contribution in [2.24, 2.45) is 23.5 Å². The number of carbonyl (C=O) groups excluding carboxylic acids is 2. The lowest BCUT2D eigenvalue weighted by Crippen LogP contribution is -2.52. The van der Waals surface area contributed by atoms with E-state index in [-0.39, 0.29) is 29.8 Å². The van der Waals surface area contributed by atoms with Gasteiger partial charge in [0.15, 0.2) is 0 Å². The first-order valence-electron chi connectivity index (χ1n) is 8.51. The number of amides is 2. The van der Waals surface area contributed by atoms with Gasteiger partial charge < -0.3 is 16.0 Å². The molecule has 5 nitrogen and oxygen atoms in total. The van der Waals surface area contributed by atoms with Gasteiger partial charge in [0, 0.05) is 18.6 Å². The summed E-state index contributed by atoms with van der Waals surface area (Å²) in [5, 5.41) is 3.05. The summed E-state index contributed by atoms with van der Waals surface area (Å²) in [6.45, 7) is 0.724. The highest BCUT2D eigenvalue weighted by atomic mass is 16.2. The van der Waals surface area contributed by atoms with Crippen LogP contribution in [0.1, 0.15) is 44.9 Å². The second kappa shape index (κ2) is 4.97. The molecule has 0 aromatic heterocycles. The second-order valence-electron chi connectivity index (χ2n) is 7.41. The Kier molecular flexibility index (Phi) is 3.21. The van der Waals surface area contributed by atoms with Gasteiger partial charge in [-0.3, -0.25) is 9.59 Å². The molecule has 4 fully saturated rings. The quantitative estimate of drug-likeness (QED) is 0.801. The SMILES string of the molecule is NC1C2CCC(C2)C1C(=O)N1CCCC1C(=O)NC1CC1. The molecule has 2 amide bonds. The molecule has 0 radical (unpaired) electrons. The zero-order valence-corrected chi connectivity index (χ0v) is 12.5. The third-order valence-corrected chi connectivity index (χ3v) is 6.03. The Balaban J connectivity index is 1.46. The zero-order valence-electron chi connectivity index (χ0n) is 12.5. The van der Waals surface area contributed by atoms with Crippen molar-refractivity contribution in [2.75, 3.05) is 6.54 Å². The predicted octanol–water partition coefficient (Wildman–Crippen LogP) is 0.629. The highest BCUT2D eigenvalue weighted by molar-refractivity contribution is 5.90. The highest BCUT2D eigenvalue weighted by Crippen LogP contribution is 2.48. The molecule has 5 atom stereocenters. The van der Waals surface area contributed by atoms with E-state index in [1.165, 1.54) is 6.42 Å². The molecule has 21 heavy (non-hydrogen) atoms. The minimum atomic E-state index is -0.246. The van der Waals surface area contributed by atoms with Gasteiger partial charge in [-0.15, -0.1) is 0 Å². The minimum absolute atomic E-state index is 0.0176. The monoisotopic (exact) mass is 291 g/mol. The summed E-state index contributed by atoms with van der Waals surface area (Å²) >= 11 is 0. The highest BCUT2D eigenvalue weighted by Gasteiger charge is 2.51. The molecule has 2 bridgehead atoms. The number of nitrogens with zero attached hydrogens (tertiary/aromatic N) is 1. The van der Waals surface area contributed by atoms with Crippen molar-refractivity contribution in [1.29, 1.82) is 0 Å². The van der Waals surface area contributed by atoms with E-state index in [9.17, 15) is 9.59 Å². The van der Waals surface area contributed by atoms with E-state index in [1.54, 1.807) is 0 Å². The van der Waals surface area contributed by atoms with Gasteiger partial charge in [0.05, 0.1) is 5.92 Å². The lowest BCUT2D eigenvalue weighted by atomic mass is 9.84. The van der Waals surface area contributed by atoms with Crippen LogP contribution in [0.15, 0.2) is 0 Å². The summed E-state index contributed by atoms with van der Waals surface area (Å²) in [6, 6.07) is 0.133. The Morgan fingerprint density at radius 3 is 2.48 bits per heavy atom. The number of likely N-dealkylation sites (tertiary alicyclic amines) is 1. The summed E-state index contributed by atoms with van der Waals surface area (Å²) < 4.78 is 0. The average Bonchev–Trinajstić information content (AvgIpc) is 2.94. The first-order valence-corrected chi connectivity index (χ1v) is 8.51. The molecule has 116 valence electrons. The van der Waals surface area contributed by atoms with Crippen LogP contribution in [0, 0.1) is 17.8 Å². The molecule has 5 unspecified atom stereocenters. The maximum atomic E-state index is 12.9. The lowest BCUT2D eigenvalue weighted by Gasteiger charge is -2.33. The molecule has 0 aromatic rings. The van der Waals surface area contributed by atoms with Crippen LogP contribution in [0.5, 0.6) is 0 Å². The van der Waals surface area contributed by atoms with Crippen LogP contribution < -0.4 is 11.1 Å². The standard InChI is InChI=1S/C16H25N3O2/c17-14-10-4-3-9(8-10)13(14)16(21)19-7-1-2-12(19)15(20)18-11-5-6-11/h9-14H,1-8,17H2,(H,18,20). The van der Waals surface area contributed by atoms with Crippen molar-refractivity contribution in [3.63, 3.8) is 0 Å². The summed E-state index contributed by atoms with van der Waals surface area (Å²) in [5.74, 6) is 1.18. The van der Waals surface area contributed by atoms with Crippen LogP contribution in [0.2, 0.25) is 0 Å². The van der Waals surface area contributed by atoms with Crippen LogP contribution in [0.25, 0.3) is 0 Å². The summed E-state index contributed by atoms with van der Waals surface area (Å²) in [5.41, 5.74) is 6.30. The van der Waals surface area contributed by atoms with E-state index < -0.39 is 0 Å². The summed E-state index contributed by atoms with van der Waals surface area (Å²) in [6.07, 6.45) is 7.35. The maximum absolute atomic E-state index is 12.9. The number of carbonyl (C=O) groups is 2. The normalized spacial score (nSPS) is 41.6. The second-order valence-corrected chi connectivity index (χ2v) is 7.41. The maximum Gasteiger partial charge on any atom is 0.243 e. The van der Waals surface area contributed by atoms with Crippen molar-refractivity contribution in [1.82, 2.24) is 10.2 Å². The van der Waals surface area contributed by atoms with E-state index in [2.05, 4.69) is 5.32 Å². The Hall–Kier alpha value is -1.10. The molecule has 3 saturated carbocycles. The van der Waals surface area contributed by atoms with Crippen LogP contribution in [-0.4, -0.2) is 41.4 Å². The molecule has 5 heteroatoms. The predicted molar refractivity (Wildman–Crippen MR) is 78.2 cm³/mol. The minimum Gasteiger partial charge on any atom is -0.352 e. The molecule has 4 rings (SSSR count). The molecule has 0 aromatic carbocycles. The number of hydrogen-bond donors (Lipinski definition) is 2. The van der Waals surface area contributed by atoms with E-state index in [1.807, 2.05) is 4.90 Å². The molecule has 1 heterocycles. The molecular formula is C16H25N3O2. The van der Waals surface area contributed by atoms with Crippen molar-refractivity contribution in [3.8, 4) is 0 Å². The van der Waals surface area contributed by atoms with E-state index >= 15 is 0 Å². The summed E-state index contributed by atoms with van der Waals surface area (Å²) in [4.78, 5) is 27.1. The van der Waals surface area contributed by atoms with Gasteiger partial charge >= 0.3 is 0 Å². The van der Waals surface area contributed by atoms with Crippen LogP contribution in [-0.2, 0) is 9.59 Å². The zero-order chi connectivity index (χ0) is 14.6. The Morgan fingerprint density at radius 2 is 1.81 bits per heavy atom. The molecule has 1 aliphatic heterocycles. The number of nitrogens with two attached hydrogens (primary N) is 1. The first-order chi connectivity index (χ1) is 10.1. The molecule has 1 saturated heterocycles. The fraction of sp³-hybridized carbons (Fsp3) is 0.875. The number of fused-ring (bicyclic) bond motifs is 2. The third-order valence-electron chi connectivity index (χ3n) is 6.03. The third kappa shape index (κ3) is 2.26. The van der Waals surface area contributed by atoms with Gasteiger partial charge in [-0.1, -0.05) is 0 Å². The number of rotatable bonds is 3. The lowest BCUT2D eigenvalue weighted by molar-refractivity contribution is -0.143.